The SMILES string of the molecule is Cc1cnc(Nc2cnn(CC(F)F)c2)nc1NCC1CC(F)CN1CCS(C)(=O)=O. The third-order valence-electron chi connectivity index (χ3n) is 4.92. The van der Waals surface area contributed by atoms with E-state index in [2.05, 4.69) is 25.7 Å². The number of nitrogens with zero attached hydrogens (tertiary/aromatic N) is 5. The zero-order valence-corrected chi connectivity index (χ0v) is 18.1. The van der Waals surface area contributed by atoms with Crippen LogP contribution in [0.2, 0.25) is 0 Å². The van der Waals surface area contributed by atoms with Crippen LogP contribution in [0.25, 0.3) is 0 Å². The Morgan fingerprint density at radius 2 is 2.10 bits per heavy atom. The van der Waals surface area contributed by atoms with Gasteiger partial charge in [0.15, 0.2) is 0 Å². The number of anilines is 3. The lowest BCUT2D eigenvalue weighted by molar-refractivity contribution is 0.122. The molecule has 172 valence electrons. The first-order chi connectivity index (χ1) is 14.6. The van der Waals surface area contributed by atoms with E-state index in [9.17, 15) is 21.6 Å². The minimum atomic E-state index is -3.13. The van der Waals surface area contributed by atoms with Crippen molar-refractivity contribution in [1.82, 2.24) is 24.6 Å². The van der Waals surface area contributed by atoms with Crippen molar-refractivity contribution in [3.05, 3.63) is 24.2 Å². The number of alkyl halides is 3. The molecule has 1 aliphatic rings. The van der Waals surface area contributed by atoms with Crippen LogP contribution in [0.15, 0.2) is 18.6 Å². The van der Waals surface area contributed by atoms with Gasteiger partial charge >= 0.3 is 0 Å². The molecule has 31 heavy (non-hydrogen) atoms. The fourth-order valence-electron chi connectivity index (χ4n) is 3.39. The van der Waals surface area contributed by atoms with Crippen molar-refractivity contribution in [3.8, 4) is 0 Å². The van der Waals surface area contributed by atoms with Crippen LogP contribution in [0.3, 0.4) is 0 Å². The highest BCUT2D eigenvalue weighted by Crippen LogP contribution is 2.22. The quantitative estimate of drug-likeness (QED) is 0.553. The summed E-state index contributed by atoms with van der Waals surface area (Å²) in [7, 11) is -3.13. The number of aromatic nitrogens is 4. The highest BCUT2D eigenvalue weighted by Gasteiger charge is 2.32. The number of likely N-dealkylation sites (tertiary alicyclic amines) is 1. The van der Waals surface area contributed by atoms with Gasteiger partial charge in [-0.2, -0.15) is 10.1 Å². The molecule has 2 N–H and O–H groups in total. The minimum Gasteiger partial charge on any atom is -0.368 e. The molecule has 0 bridgehead atoms. The molecule has 2 atom stereocenters. The van der Waals surface area contributed by atoms with Gasteiger partial charge in [-0.25, -0.2) is 26.6 Å². The molecule has 0 radical (unpaired) electrons. The van der Waals surface area contributed by atoms with Crippen molar-refractivity contribution in [3.63, 3.8) is 0 Å². The van der Waals surface area contributed by atoms with E-state index in [1.165, 1.54) is 18.6 Å². The highest BCUT2D eigenvalue weighted by molar-refractivity contribution is 7.90. The van der Waals surface area contributed by atoms with Gasteiger partial charge in [0.05, 0.1) is 17.6 Å². The summed E-state index contributed by atoms with van der Waals surface area (Å²) in [6, 6.07) is -0.157. The highest BCUT2D eigenvalue weighted by atomic mass is 32.2. The molecule has 0 spiro atoms. The van der Waals surface area contributed by atoms with E-state index in [1.54, 1.807) is 6.20 Å². The zero-order chi connectivity index (χ0) is 22.6. The Balaban J connectivity index is 1.61. The molecule has 0 amide bonds. The molecule has 1 aliphatic heterocycles. The maximum absolute atomic E-state index is 13.9. The van der Waals surface area contributed by atoms with Gasteiger partial charge in [0.25, 0.3) is 6.43 Å². The van der Waals surface area contributed by atoms with Crippen LogP contribution in [-0.2, 0) is 16.4 Å². The van der Waals surface area contributed by atoms with Gasteiger partial charge in [0.1, 0.15) is 28.4 Å². The lowest BCUT2D eigenvalue weighted by Gasteiger charge is -2.24. The first kappa shape index (κ1) is 23.3. The number of aryl methyl sites for hydroxylation is 1. The summed E-state index contributed by atoms with van der Waals surface area (Å²) in [6.07, 6.45) is 2.42. The van der Waals surface area contributed by atoms with Gasteiger partial charge in [-0.1, -0.05) is 0 Å². The smallest absolute Gasteiger partial charge is 0.257 e. The van der Waals surface area contributed by atoms with E-state index in [1.807, 2.05) is 11.8 Å². The Kier molecular flexibility index (Phi) is 7.36. The number of halogens is 3. The molecule has 3 rings (SSSR count). The van der Waals surface area contributed by atoms with E-state index in [0.717, 1.165) is 10.2 Å². The van der Waals surface area contributed by atoms with E-state index >= 15 is 0 Å². The van der Waals surface area contributed by atoms with Gasteiger partial charge in [0.2, 0.25) is 5.95 Å². The Hall–Kier alpha value is -2.41. The average molecular weight is 462 g/mol. The normalized spacial score (nSPS) is 19.8. The van der Waals surface area contributed by atoms with Crippen LogP contribution in [-0.4, -0.2) is 83.3 Å². The largest absolute Gasteiger partial charge is 0.368 e. The Morgan fingerprint density at radius 1 is 1.32 bits per heavy atom. The number of hydrogen-bond donors (Lipinski definition) is 2. The van der Waals surface area contributed by atoms with Crippen molar-refractivity contribution in [2.45, 2.75) is 38.5 Å². The van der Waals surface area contributed by atoms with Crippen molar-refractivity contribution in [2.75, 3.05) is 42.3 Å². The predicted octanol–water partition coefficient (Wildman–Crippen LogP) is 1.86. The van der Waals surface area contributed by atoms with E-state index in [4.69, 9.17) is 0 Å². The van der Waals surface area contributed by atoms with Crippen molar-refractivity contribution in [1.29, 1.82) is 0 Å². The van der Waals surface area contributed by atoms with Crippen LogP contribution in [0, 0.1) is 6.92 Å². The summed E-state index contributed by atoms with van der Waals surface area (Å²) in [6.45, 7) is 2.20. The summed E-state index contributed by atoms with van der Waals surface area (Å²) in [5.41, 5.74) is 1.25. The second-order valence-electron chi connectivity index (χ2n) is 7.68. The average Bonchev–Trinajstić information content (AvgIpc) is 3.25. The fourth-order valence-corrected chi connectivity index (χ4v) is 3.95. The van der Waals surface area contributed by atoms with Gasteiger partial charge in [-0.15, -0.1) is 0 Å². The molecule has 0 aromatic carbocycles. The summed E-state index contributed by atoms with van der Waals surface area (Å²) in [5, 5.41) is 9.96. The molecule has 9 nitrogen and oxygen atoms in total. The van der Waals surface area contributed by atoms with E-state index in [0.29, 0.717) is 24.5 Å². The minimum absolute atomic E-state index is 0.0178. The Labute approximate surface area is 179 Å². The number of nitrogens with one attached hydrogen (secondary N) is 2. The van der Waals surface area contributed by atoms with Crippen LogP contribution < -0.4 is 10.6 Å². The van der Waals surface area contributed by atoms with Crippen molar-refractivity contribution >= 4 is 27.3 Å². The monoisotopic (exact) mass is 461 g/mol. The molecule has 0 aliphatic carbocycles. The molecular weight excluding hydrogens is 435 g/mol. The zero-order valence-electron chi connectivity index (χ0n) is 17.3. The van der Waals surface area contributed by atoms with Crippen LogP contribution >= 0.6 is 0 Å². The van der Waals surface area contributed by atoms with Gasteiger partial charge in [-0.3, -0.25) is 9.58 Å². The van der Waals surface area contributed by atoms with Gasteiger partial charge in [0, 0.05) is 49.9 Å². The second kappa shape index (κ2) is 9.81. The van der Waals surface area contributed by atoms with Gasteiger partial charge < -0.3 is 10.6 Å². The van der Waals surface area contributed by atoms with E-state index in [-0.39, 0.29) is 30.8 Å². The van der Waals surface area contributed by atoms with Crippen LogP contribution in [0.4, 0.5) is 30.6 Å². The standard InChI is InChI=1S/C18H26F3N7O2S/c1-12-6-23-18(25-14-7-24-28(10-14)11-16(20)21)26-17(12)22-8-15-5-13(19)9-27(15)3-4-31(2,29)30/h6-7,10,13,15-16H,3-5,8-9,11H2,1-2H3,(H2,22,23,25,26). The molecule has 2 aromatic heterocycles. The number of rotatable bonds is 10. The molecular formula is C18H26F3N7O2S. The third-order valence-corrected chi connectivity index (χ3v) is 5.84. The van der Waals surface area contributed by atoms with Crippen molar-refractivity contribution in [2.24, 2.45) is 0 Å². The van der Waals surface area contributed by atoms with Crippen LogP contribution in [0.1, 0.15) is 12.0 Å². The lowest BCUT2D eigenvalue weighted by Crippen LogP contribution is -2.38. The van der Waals surface area contributed by atoms with Crippen LogP contribution in [0.5, 0.6) is 0 Å². The topological polar surface area (TPSA) is 105 Å². The second-order valence-corrected chi connectivity index (χ2v) is 9.94. The molecule has 0 saturated carbocycles. The van der Waals surface area contributed by atoms with Gasteiger partial charge in [-0.05, 0) is 13.3 Å². The third kappa shape index (κ3) is 7.06. The Bertz CT molecular complexity index is 986. The molecule has 1 saturated heterocycles. The van der Waals surface area contributed by atoms with Crippen molar-refractivity contribution < 1.29 is 21.6 Å². The molecule has 2 aromatic rings. The summed E-state index contributed by atoms with van der Waals surface area (Å²) in [4.78, 5) is 10.4. The summed E-state index contributed by atoms with van der Waals surface area (Å²) in [5.74, 6) is 0.784. The molecule has 2 unspecified atom stereocenters. The van der Waals surface area contributed by atoms with E-state index < -0.39 is 29.0 Å². The maximum atomic E-state index is 13.9. The first-order valence-corrected chi connectivity index (χ1v) is 11.9. The summed E-state index contributed by atoms with van der Waals surface area (Å²) < 4.78 is 62.8. The Morgan fingerprint density at radius 3 is 2.81 bits per heavy atom. The lowest BCUT2D eigenvalue weighted by atomic mass is 10.2. The fraction of sp³-hybridized carbons (Fsp3) is 0.611. The summed E-state index contributed by atoms with van der Waals surface area (Å²) >= 11 is 0. The molecule has 3 heterocycles. The number of hydrogen-bond acceptors (Lipinski definition) is 8. The first-order valence-electron chi connectivity index (χ1n) is 9.80. The molecule has 13 heteroatoms. The molecule has 1 fully saturated rings. The number of sulfone groups is 1. The predicted molar refractivity (Wildman–Crippen MR) is 111 cm³/mol. The maximum Gasteiger partial charge on any atom is 0.257 e.